The third kappa shape index (κ3) is 5.16. The van der Waals surface area contributed by atoms with Crippen molar-refractivity contribution < 1.29 is 22.7 Å². The van der Waals surface area contributed by atoms with Crippen LogP contribution in [0.4, 0.5) is 18.9 Å². The lowest BCUT2D eigenvalue weighted by Crippen LogP contribution is -2.25. The molecule has 0 spiro atoms. The number of benzene rings is 1. The number of amides is 1. The van der Waals surface area contributed by atoms with Crippen molar-refractivity contribution in [2.45, 2.75) is 38.9 Å². The molecule has 2 heterocycles. The second kappa shape index (κ2) is 10.5. The minimum absolute atomic E-state index is 0.192. The SMILES string of the molecule is CCOCCCn1c(SCC(=O)Nc2ccc(F)c(F)c2F)nc2sc(C)c(C)c2c1=O. The number of hydrogen-bond acceptors (Lipinski definition) is 6. The highest BCUT2D eigenvalue weighted by molar-refractivity contribution is 7.99. The molecule has 3 rings (SSSR count). The second-order valence-corrected chi connectivity index (χ2v) is 9.07. The van der Waals surface area contributed by atoms with Gasteiger partial charge in [0.1, 0.15) is 4.83 Å². The van der Waals surface area contributed by atoms with Gasteiger partial charge in [0.05, 0.1) is 16.8 Å². The van der Waals surface area contributed by atoms with Crippen LogP contribution in [0.2, 0.25) is 0 Å². The molecular formula is C21H22F3N3O3S2. The number of ether oxygens (including phenoxy) is 1. The Morgan fingerprint density at radius 3 is 2.72 bits per heavy atom. The Kier molecular flexibility index (Phi) is 7.96. The highest BCUT2D eigenvalue weighted by atomic mass is 32.2. The molecule has 11 heteroatoms. The average Bonchev–Trinajstić information content (AvgIpc) is 3.05. The molecule has 6 nitrogen and oxygen atoms in total. The molecule has 3 aromatic rings. The van der Waals surface area contributed by atoms with Gasteiger partial charge in [-0.15, -0.1) is 11.3 Å². The monoisotopic (exact) mass is 485 g/mol. The summed E-state index contributed by atoms with van der Waals surface area (Å²) in [5, 5.41) is 3.12. The van der Waals surface area contributed by atoms with Gasteiger partial charge in [0, 0.05) is 24.6 Å². The molecule has 0 saturated carbocycles. The molecule has 0 aliphatic rings. The number of hydrogen-bond donors (Lipinski definition) is 1. The molecule has 0 bridgehead atoms. The van der Waals surface area contributed by atoms with Gasteiger partial charge in [-0.05, 0) is 44.9 Å². The van der Waals surface area contributed by atoms with Crippen molar-refractivity contribution in [1.82, 2.24) is 9.55 Å². The Hall–Kier alpha value is -2.37. The summed E-state index contributed by atoms with van der Waals surface area (Å²) >= 11 is 2.41. The number of nitrogens with one attached hydrogen (secondary N) is 1. The van der Waals surface area contributed by atoms with E-state index in [2.05, 4.69) is 10.3 Å². The average molecular weight is 486 g/mol. The number of carbonyl (C=O) groups is 1. The number of fused-ring (bicyclic) bond motifs is 1. The minimum Gasteiger partial charge on any atom is -0.382 e. The summed E-state index contributed by atoms with van der Waals surface area (Å²) in [6.45, 7) is 7.07. The molecule has 0 fully saturated rings. The van der Waals surface area contributed by atoms with Gasteiger partial charge in [-0.1, -0.05) is 11.8 Å². The van der Waals surface area contributed by atoms with Crippen LogP contribution in [0, 0.1) is 31.3 Å². The molecule has 1 N–H and O–H groups in total. The third-order valence-electron chi connectivity index (χ3n) is 4.77. The molecule has 1 amide bonds. The largest absolute Gasteiger partial charge is 0.382 e. The van der Waals surface area contributed by atoms with Gasteiger partial charge >= 0.3 is 0 Å². The summed E-state index contributed by atoms with van der Waals surface area (Å²) in [7, 11) is 0. The van der Waals surface area contributed by atoms with Crippen LogP contribution in [0.25, 0.3) is 10.2 Å². The summed E-state index contributed by atoms with van der Waals surface area (Å²) in [6, 6.07) is 1.68. The van der Waals surface area contributed by atoms with Crippen LogP contribution in [-0.4, -0.2) is 34.4 Å². The number of thiophene rings is 1. The van der Waals surface area contributed by atoms with Gasteiger partial charge < -0.3 is 10.1 Å². The maximum absolute atomic E-state index is 13.8. The highest BCUT2D eigenvalue weighted by Gasteiger charge is 2.19. The molecular weight excluding hydrogens is 463 g/mol. The fourth-order valence-corrected chi connectivity index (χ4v) is 4.92. The maximum Gasteiger partial charge on any atom is 0.263 e. The molecule has 0 aliphatic carbocycles. The van der Waals surface area contributed by atoms with E-state index in [4.69, 9.17) is 4.74 Å². The predicted molar refractivity (Wildman–Crippen MR) is 120 cm³/mol. The van der Waals surface area contributed by atoms with Gasteiger partial charge in [0.2, 0.25) is 5.91 Å². The lowest BCUT2D eigenvalue weighted by Gasteiger charge is -2.12. The number of aryl methyl sites for hydroxylation is 2. The number of thioether (sulfide) groups is 1. The molecule has 172 valence electrons. The van der Waals surface area contributed by atoms with E-state index in [1.54, 1.807) is 0 Å². The third-order valence-corrected chi connectivity index (χ3v) is 6.85. The number of anilines is 1. The summed E-state index contributed by atoms with van der Waals surface area (Å²) in [5.74, 6) is -5.32. The Labute approximate surface area is 190 Å². The van der Waals surface area contributed by atoms with E-state index in [-0.39, 0.29) is 11.3 Å². The van der Waals surface area contributed by atoms with Crippen LogP contribution in [0.5, 0.6) is 0 Å². The second-order valence-electron chi connectivity index (χ2n) is 6.92. The van der Waals surface area contributed by atoms with Crippen LogP contribution in [-0.2, 0) is 16.1 Å². The lowest BCUT2D eigenvalue weighted by atomic mass is 10.2. The lowest BCUT2D eigenvalue weighted by molar-refractivity contribution is -0.113. The minimum atomic E-state index is -1.66. The van der Waals surface area contributed by atoms with Crippen molar-refractivity contribution in [2.24, 2.45) is 0 Å². The van der Waals surface area contributed by atoms with Crippen molar-refractivity contribution in [3.8, 4) is 0 Å². The first-order valence-electron chi connectivity index (χ1n) is 9.89. The molecule has 0 radical (unpaired) electrons. The van der Waals surface area contributed by atoms with Gasteiger partial charge in [-0.2, -0.15) is 0 Å². The first-order valence-corrected chi connectivity index (χ1v) is 11.7. The van der Waals surface area contributed by atoms with E-state index in [0.29, 0.717) is 41.6 Å². The summed E-state index contributed by atoms with van der Waals surface area (Å²) in [6.07, 6.45) is 0.586. The van der Waals surface area contributed by atoms with Crippen LogP contribution in [0.1, 0.15) is 23.8 Å². The normalized spacial score (nSPS) is 11.3. The summed E-state index contributed by atoms with van der Waals surface area (Å²) in [4.78, 5) is 31.6. The zero-order valence-electron chi connectivity index (χ0n) is 17.8. The van der Waals surface area contributed by atoms with Crippen molar-refractivity contribution in [3.63, 3.8) is 0 Å². The predicted octanol–water partition coefficient (Wildman–Crippen LogP) is 4.65. The number of halogens is 3. The molecule has 2 aromatic heterocycles. The quantitative estimate of drug-likeness (QED) is 0.207. The molecule has 32 heavy (non-hydrogen) atoms. The van der Waals surface area contributed by atoms with E-state index >= 15 is 0 Å². The van der Waals surface area contributed by atoms with Crippen LogP contribution in [0.15, 0.2) is 22.1 Å². The Morgan fingerprint density at radius 1 is 1.25 bits per heavy atom. The number of carbonyl (C=O) groups excluding carboxylic acids is 1. The van der Waals surface area contributed by atoms with Crippen LogP contribution < -0.4 is 10.9 Å². The molecule has 0 aliphatic heterocycles. The van der Waals surface area contributed by atoms with E-state index in [1.807, 2.05) is 20.8 Å². The van der Waals surface area contributed by atoms with Crippen LogP contribution >= 0.6 is 23.1 Å². The van der Waals surface area contributed by atoms with E-state index < -0.39 is 29.0 Å². The molecule has 0 atom stereocenters. The summed E-state index contributed by atoms with van der Waals surface area (Å²) in [5.41, 5.74) is 0.226. The number of aromatic nitrogens is 2. The first-order chi connectivity index (χ1) is 15.2. The standard InChI is InChI=1S/C21H22F3N3O3S2/c1-4-30-9-5-8-27-20(29)16-11(2)12(3)32-19(16)26-21(27)31-10-15(28)25-14-7-6-13(22)17(23)18(14)24/h6-7H,4-5,8-10H2,1-3H3,(H,25,28). The maximum atomic E-state index is 13.8. The molecule has 1 aromatic carbocycles. The molecule has 0 saturated heterocycles. The fraction of sp³-hybridized carbons (Fsp3) is 0.381. The Bertz CT molecular complexity index is 1210. The zero-order chi connectivity index (χ0) is 23.4. The Morgan fingerprint density at radius 2 is 2.00 bits per heavy atom. The van der Waals surface area contributed by atoms with Crippen molar-refractivity contribution in [3.05, 3.63) is 50.4 Å². The van der Waals surface area contributed by atoms with Gasteiger partial charge in [-0.25, -0.2) is 18.2 Å². The smallest absolute Gasteiger partial charge is 0.263 e. The number of rotatable bonds is 9. The zero-order valence-corrected chi connectivity index (χ0v) is 19.4. The van der Waals surface area contributed by atoms with Gasteiger partial charge in [0.25, 0.3) is 5.56 Å². The topological polar surface area (TPSA) is 73.2 Å². The van der Waals surface area contributed by atoms with E-state index in [1.165, 1.54) is 15.9 Å². The van der Waals surface area contributed by atoms with Crippen molar-refractivity contribution in [1.29, 1.82) is 0 Å². The fourth-order valence-electron chi connectivity index (χ4n) is 3.02. The number of nitrogens with zero attached hydrogens (tertiary/aromatic N) is 2. The van der Waals surface area contributed by atoms with Crippen molar-refractivity contribution in [2.75, 3.05) is 24.3 Å². The Balaban J connectivity index is 1.82. The van der Waals surface area contributed by atoms with Crippen LogP contribution in [0.3, 0.4) is 0 Å². The van der Waals surface area contributed by atoms with Gasteiger partial charge in [0.15, 0.2) is 22.6 Å². The van der Waals surface area contributed by atoms with Gasteiger partial charge in [-0.3, -0.25) is 14.2 Å². The summed E-state index contributed by atoms with van der Waals surface area (Å²) < 4.78 is 47.1. The molecule has 0 unspecified atom stereocenters. The van der Waals surface area contributed by atoms with Crippen molar-refractivity contribution >= 4 is 44.9 Å². The first kappa shape index (κ1) is 24.3. The highest BCUT2D eigenvalue weighted by Crippen LogP contribution is 2.28. The van der Waals surface area contributed by atoms with E-state index in [9.17, 15) is 22.8 Å². The van der Waals surface area contributed by atoms with E-state index in [0.717, 1.165) is 34.3 Å².